The predicted octanol–water partition coefficient (Wildman–Crippen LogP) is 3.27. The number of nitrogens with zero attached hydrogens (tertiary/aromatic N) is 2. The highest BCUT2D eigenvalue weighted by Gasteiger charge is 2.09. The first-order valence-electron chi connectivity index (χ1n) is 10.9. The molecule has 188 valence electrons. The van der Waals surface area contributed by atoms with Crippen molar-refractivity contribution in [2.45, 2.75) is 33.1 Å². The van der Waals surface area contributed by atoms with Gasteiger partial charge >= 0.3 is 0 Å². The van der Waals surface area contributed by atoms with Crippen LogP contribution in [0.4, 0.5) is 0 Å². The van der Waals surface area contributed by atoms with Crippen molar-refractivity contribution in [2.75, 3.05) is 28.4 Å². The normalized spacial score (nSPS) is 11.5. The Hall–Kier alpha value is -4.08. The number of rotatable bonds is 12. The molecule has 0 fully saturated rings. The summed E-state index contributed by atoms with van der Waals surface area (Å²) in [5.41, 5.74) is 7.80. The molecule has 0 saturated carbocycles. The van der Waals surface area contributed by atoms with Crippen LogP contribution in [0, 0.1) is 0 Å². The summed E-state index contributed by atoms with van der Waals surface area (Å²) >= 11 is 0. The summed E-state index contributed by atoms with van der Waals surface area (Å²) in [7, 11) is 6.22. The van der Waals surface area contributed by atoms with E-state index in [-0.39, 0.29) is 24.7 Å². The maximum Gasteiger partial charge on any atom is 0.240 e. The standard InChI is InChI=1S/C25H32N4O6/c1-16(18-10-12-20(32-3)22(14-18)34-5)26-28-24(30)8-7-9-25(31)29-27-17(2)19-11-13-21(33-4)23(15-19)35-6/h10-15H,7-9H2,1-6H3,(H,28,30)(H,29,31)/b26-16+,27-17+. The van der Waals surface area contributed by atoms with Crippen molar-refractivity contribution < 1.29 is 28.5 Å². The number of benzene rings is 2. The van der Waals surface area contributed by atoms with Crippen molar-refractivity contribution in [3.63, 3.8) is 0 Å². The van der Waals surface area contributed by atoms with Crippen molar-refractivity contribution in [3.05, 3.63) is 47.5 Å². The van der Waals surface area contributed by atoms with Crippen LogP contribution in [0.1, 0.15) is 44.2 Å². The van der Waals surface area contributed by atoms with E-state index in [1.807, 2.05) is 12.1 Å². The third-order valence-electron chi connectivity index (χ3n) is 5.11. The van der Waals surface area contributed by atoms with Gasteiger partial charge in [0.25, 0.3) is 0 Å². The molecule has 0 unspecified atom stereocenters. The summed E-state index contributed by atoms with van der Waals surface area (Å²) in [6, 6.07) is 10.7. The molecule has 0 aromatic heterocycles. The van der Waals surface area contributed by atoms with Gasteiger partial charge in [0.05, 0.1) is 39.9 Å². The topological polar surface area (TPSA) is 120 Å². The highest BCUT2D eigenvalue weighted by molar-refractivity contribution is 6.00. The van der Waals surface area contributed by atoms with E-state index in [4.69, 9.17) is 18.9 Å². The fourth-order valence-corrected chi connectivity index (χ4v) is 3.07. The maximum atomic E-state index is 12.1. The molecule has 0 aliphatic carbocycles. The Morgan fingerprint density at radius 1 is 0.657 bits per heavy atom. The van der Waals surface area contributed by atoms with Gasteiger partial charge in [-0.3, -0.25) is 9.59 Å². The van der Waals surface area contributed by atoms with Crippen LogP contribution < -0.4 is 29.8 Å². The summed E-state index contributed by atoms with van der Waals surface area (Å²) in [5.74, 6) is 1.77. The number of amides is 2. The first kappa shape index (κ1) is 27.2. The molecule has 0 aliphatic heterocycles. The third-order valence-corrected chi connectivity index (χ3v) is 5.11. The van der Waals surface area contributed by atoms with Crippen LogP contribution in [0.3, 0.4) is 0 Å². The number of hydrogen-bond donors (Lipinski definition) is 2. The van der Waals surface area contributed by atoms with E-state index in [0.717, 1.165) is 11.1 Å². The molecule has 2 N–H and O–H groups in total. The molecular weight excluding hydrogens is 452 g/mol. The van der Waals surface area contributed by atoms with Gasteiger partial charge in [-0.15, -0.1) is 0 Å². The Kier molecular flexibility index (Phi) is 10.5. The maximum absolute atomic E-state index is 12.1. The van der Waals surface area contributed by atoms with Crippen molar-refractivity contribution in [1.29, 1.82) is 0 Å². The first-order chi connectivity index (χ1) is 16.8. The SMILES string of the molecule is COc1ccc(/C(C)=N/NC(=O)CCCC(=O)N/N=C(\C)c2ccc(OC)c(OC)c2)cc1OC. The van der Waals surface area contributed by atoms with Gasteiger partial charge in [0.15, 0.2) is 23.0 Å². The fraction of sp³-hybridized carbons (Fsp3) is 0.360. The second-order valence-corrected chi connectivity index (χ2v) is 7.46. The molecule has 0 aliphatic rings. The Morgan fingerprint density at radius 3 is 1.37 bits per heavy atom. The van der Waals surface area contributed by atoms with Gasteiger partial charge in [-0.1, -0.05) is 0 Å². The van der Waals surface area contributed by atoms with Gasteiger partial charge in [-0.2, -0.15) is 10.2 Å². The van der Waals surface area contributed by atoms with E-state index in [1.165, 1.54) is 0 Å². The van der Waals surface area contributed by atoms with E-state index >= 15 is 0 Å². The van der Waals surface area contributed by atoms with Crippen molar-refractivity contribution in [1.82, 2.24) is 10.9 Å². The Labute approximate surface area is 205 Å². The molecule has 10 nitrogen and oxygen atoms in total. The average molecular weight is 485 g/mol. The highest BCUT2D eigenvalue weighted by Crippen LogP contribution is 2.28. The van der Waals surface area contributed by atoms with Crippen LogP contribution in [0.25, 0.3) is 0 Å². The molecule has 2 aromatic rings. The van der Waals surface area contributed by atoms with E-state index < -0.39 is 0 Å². The minimum atomic E-state index is -0.289. The molecule has 0 heterocycles. The molecule has 0 radical (unpaired) electrons. The van der Waals surface area contributed by atoms with Gasteiger partial charge < -0.3 is 18.9 Å². The van der Waals surface area contributed by atoms with E-state index in [2.05, 4.69) is 21.1 Å². The minimum Gasteiger partial charge on any atom is -0.493 e. The molecule has 0 spiro atoms. The van der Waals surface area contributed by atoms with Crippen LogP contribution in [0.5, 0.6) is 23.0 Å². The van der Waals surface area contributed by atoms with Gasteiger partial charge in [0.1, 0.15) is 0 Å². The monoisotopic (exact) mass is 484 g/mol. The Morgan fingerprint density at radius 2 is 1.03 bits per heavy atom. The lowest BCUT2D eigenvalue weighted by atomic mass is 10.1. The number of ether oxygens (including phenoxy) is 4. The summed E-state index contributed by atoms with van der Waals surface area (Å²) in [4.78, 5) is 24.2. The van der Waals surface area contributed by atoms with Crippen LogP contribution in [0.2, 0.25) is 0 Å². The summed E-state index contributed by atoms with van der Waals surface area (Å²) in [6.07, 6.45) is 0.649. The third kappa shape index (κ3) is 8.02. The fourth-order valence-electron chi connectivity index (χ4n) is 3.07. The molecule has 0 atom stereocenters. The van der Waals surface area contributed by atoms with Crippen molar-refractivity contribution >= 4 is 23.2 Å². The number of hydrazone groups is 2. The minimum absolute atomic E-state index is 0.147. The molecule has 2 rings (SSSR count). The molecule has 35 heavy (non-hydrogen) atoms. The molecule has 0 saturated heterocycles. The first-order valence-corrected chi connectivity index (χ1v) is 10.9. The van der Waals surface area contributed by atoms with Crippen LogP contribution in [-0.2, 0) is 9.59 Å². The highest BCUT2D eigenvalue weighted by atomic mass is 16.5. The molecule has 2 amide bonds. The molecular formula is C25H32N4O6. The average Bonchev–Trinajstić information content (AvgIpc) is 2.89. The number of methoxy groups -OCH3 is 4. The molecule has 2 aromatic carbocycles. The quantitative estimate of drug-likeness (QED) is 0.352. The van der Waals surface area contributed by atoms with Gasteiger partial charge in [0, 0.05) is 24.0 Å². The number of hydrogen-bond acceptors (Lipinski definition) is 8. The summed E-state index contributed by atoms with van der Waals surface area (Å²) < 4.78 is 21.0. The second kappa shape index (κ2) is 13.6. The van der Waals surface area contributed by atoms with Gasteiger partial charge in [-0.05, 0) is 56.7 Å². The lowest BCUT2D eigenvalue weighted by Crippen LogP contribution is -2.22. The van der Waals surface area contributed by atoms with Crippen molar-refractivity contribution in [3.8, 4) is 23.0 Å². The van der Waals surface area contributed by atoms with Gasteiger partial charge in [0.2, 0.25) is 11.8 Å². The molecule has 0 bridgehead atoms. The second-order valence-electron chi connectivity index (χ2n) is 7.46. The van der Waals surface area contributed by atoms with Crippen LogP contribution in [0.15, 0.2) is 46.6 Å². The zero-order valence-electron chi connectivity index (χ0n) is 20.9. The number of carbonyl (C=O) groups excluding carboxylic acids is 2. The summed E-state index contributed by atoms with van der Waals surface area (Å²) in [6.45, 7) is 3.54. The largest absolute Gasteiger partial charge is 0.493 e. The van der Waals surface area contributed by atoms with Crippen LogP contribution in [-0.4, -0.2) is 51.7 Å². The lowest BCUT2D eigenvalue weighted by Gasteiger charge is -2.09. The van der Waals surface area contributed by atoms with Gasteiger partial charge in [-0.25, -0.2) is 10.9 Å². The number of carbonyl (C=O) groups is 2. The van der Waals surface area contributed by atoms with E-state index in [0.29, 0.717) is 40.8 Å². The van der Waals surface area contributed by atoms with Crippen molar-refractivity contribution in [2.24, 2.45) is 10.2 Å². The Bertz CT molecular complexity index is 1010. The zero-order valence-corrected chi connectivity index (χ0v) is 20.9. The summed E-state index contributed by atoms with van der Waals surface area (Å²) in [5, 5.41) is 8.24. The Balaban J connectivity index is 1.81. The van der Waals surface area contributed by atoms with E-state index in [1.54, 1.807) is 66.6 Å². The van der Waals surface area contributed by atoms with E-state index in [9.17, 15) is 9.59 Å². The zero-order chi connectivity index (χ0) is 25.8. The lowest BCUT2D eigenvalue weighted by molar-refractivity contribution is -0.122. The smallest absolute Gasteiger partial charge is 0.240 e. The van der Waals surface area contributed by atoms with Crippen LogP contribution >= 0.6 is 0 Å². The predicted molar refractivity (Wildman–Crippen MR) is 134 cm³/mol. The molecule has 10 heteroatoms. The number of nitrogens with one attached hydrogen (secondary N) is 2.